The fraction of sp³-hybridized carbons (Fsp3) is 0.200. The van der Waals surface area contributed by atoms with Crippen molar-refractivity contribution < 1.29 is 19.1 Å². The second-order valence-electron chi connectivity index (χ2n) is 5.97. The van der Waals surface area contributed by atoms with Gasteiger partial charge in [0.25, 0.3) is 5.91 Å². The summed E-state index contributed by atoms with van der Waals surface area (Å²) in [6, 6.07) is 12.6. The first kappa shape index (κ1) is 16.8. The predicted octanol–water partition coefficient (Wildman–Crippen LogP) is 3.75. The van der Waals surface area contributed by atoms with E-state index in [1.165, 1.54) is 7.11 Å². The summed E-state index contributed by atoms with van der Waals surface area (Å²) in [5.74, 6) is 0.0685. The van der Waals surface area contributed by atoms with Crippen molar-refractivity contribution in [2.75, 3.05) is 12.4 Å². The molecule has 1 amide bonds. The zero-order valence-electron chi connectivity index (χ0n) is 14.3. The molecular formula is C20H19NO4. The van der Waals surface area contributed by atoms with Gasteiger partial charge in [0.1, 0.15) is 5.75 Å². The molecule has 5 nitrogen and oxygen atoms in total. The number of carbonyl (C=O) groups is 2. The highest BCUT2D eigenvalue weighted by Gasteiger charge is 2.25. The van der Waals surface area contributed by atoms with Crippen LogP contribution in [0.4, 0.5) is 5.69 Å². The minimum absolute atomic E-state index is 0.0341. The maximum atomic E-state index is 12.4. The van der Waals surface area contributed by atoms with Crippen LogP contribution >= 0.6 is 0 Å². The maximum Gasteiger partial charge on any atom is 0.337 e. The molecule has 1 aliphatic rings. The van der Waals surface area contributed by atoms with Gasteiger partial charge < -0.3 is 14.8 Å². The summed E-state index contributed by atoms with van der Waals surface area (Å²) in [6.07, 6.45) is 1.84. The number of benzene rings is 2. The summed E-state index contributed by atoms with van der Waals surface area (Å²) < 4.78 is 10.5. The molecule has 0 saturated carbocycles. The molecule has 1 aliphatic heterocycles. The summed E-state index contributed by atoms with van der Waals surface area (Å²) in [4.78, 5) is 24.0. The van der Waals surface area contributed by atoms with E-state index >= 15 is 0 Å². The standard InChI is InChI=1S/C20H19NO4/c1-12(2)25-18-7-5-4-6-13(18)10-16-15-9-8-14(20(23)24-3)11-17(15)21-19(16)22/h4-12H,1-3H3,(H,21,22)/b16-10+. The lowest BCUT2D eigenvalue weighted by atomic mass is 10.0. The Morgan fingerprint density at radius 3 is 2.64 bits per heavy atom. The van der Waals surface area contributed by atoms with Crippen LogP contribution in [0.2, 0.25) is 0 Å². The summed E-state index contributed by atoms with van der Waals surface area (Å²) in [5, 5.41) is 2.79. The normalized spacial score (nSPS) is 14.4. The van der Waals surface area contributed by atoms with Crippen LogP contribution in [0.1, 0.15) is 35.3 Å². The van der Waals surface area contributed by atoms with Gasteiger partial charge in [-0.15, -0.1) is 0 Å². The molecule has 2 aromatic carbocycles. The van der Waals surface area contributed by atoms with Gasteiger partial charge in [-0.25, -0.2) is 4.79 Å². The van der Waals surface area contributed by atoms with Crippen LogP contribution in [0.25, 0.3) is 11.6 Å². The number of hydrogen-bond donors (Lipinski definition) is 1. The number of carbonyl (C=O) groups excluding carboxylic acids is 2. The largest absolute Gasteiger partial charge is 0.490 e. The molecule has 128 valence electrons. The van der Waals surface area contributed by atoms with Crippen LogP contribution in [0.5, 0.6) is 5.75 Å². The van der Waals surface area contributed by atoms with Crippen molar-refractivity contribution in [3.8, 4) is 5.75 Å². The summed E-state index contributed by atoms with van der Waals surface area (Å²) in [5.41, 5.74) is 3.10. The molecule has 2 aromatic rings. The van der Waals surface area contributed by atoms with Crippen LogP contribution in [0.3, 0.4) is 0 Å². The lowest BCUT2D eigenvalue weighted by molar-refractivity contribution is -0.110. The van der Waals surface area contributed by atoms with E-state index in [4.69, 9.17) is 9.47 Å². The van der Waals surface area contributed by atoms with Gasteiger partial charge in [-0.05, 0) is 38.1 Å². The van der Waals surface area contributed by atoms with E-state index in [2.05, 4.69) is 5.32 Å². The van der Waals surface area contributed by atoms with Gasteiger partial charge in [0, 0.05) is 22.4 Å². The highest BCUT2D eigenvalue weighted by atomic mass is 16.5. The quantitative estimate of drug-likeness (QED) is 0.682. The molecule has 0 saturated heterocycles. The van der Waals surface area contributed by atoms with E-state index in [0.29, 0.717) is 16.8 Å². The Bertz CT molecular complexity index is 868. The number of amides is 1. The van der Waals surface area contributed by atoms with Crippen molar-refractivity contribution in [2.45, 2.75) is 20.0 Å². The third-order valence-corrected chi connectivity index (χ3v) is 3.81. The molecule has 5 heteroatoms. The van der Waals surface area contributed by atoms with Crippen LogP contribution in [0, 0.1) is 0 Å². The lowest BCUT2D eigenvalue weighted by Crippen LogP contribution is -2.07. The number of rotatable bonds is 4. The Balaban J connectivity index is 2.02. The third-order valence-electron chi connectivity index (χ3n) is 3.81. The molecule has 0 unspecified atom stereocenters. The monoisotopic (exact) mass is 337 g/mol. The van der Waals surface area contributed by atoms with E-state index in [9.17, 15) is 9.59 Å². The first-order valence-electron chi connectivity index (χ1n) is 8.01. The fourth-order valence-corrected chi connectivity index (χ4v) is 2.70. The van der Waals surface area contributed by atoms with Crippen molar-refractivity contribution >= 4 is 29.2 Å². The Kier molecular flexibility index (Phi) is 4.57. The predicted molar refractivity (Wildman–Crippen MR) is 96.5 cm³/mol. The fourth-order valence-electron chi connectivity index (χ4n) is 2.70. The second kappa shape index (κ2) is 6.81. The SMILES string of the molecule is COC(=O)c1ccc2c(c1)NC(=O)/C2=C/c1ccccc1OC(C)C. The summed E-state index contributed by atoms with van der Waals surface area (Å²) in [6.45, 7) is 3.91. The van der Waals surface area contributed by atoms with Crippen molar-refractivity contribution in [3.05, 3.63) is 59.2 Å². The topological polar surface area (TPSA) is 64.6 Å². The van der Waals surface area contributed by atoms with Crippen molar-refractivity contribution in [1.82, 2.24) is 0 Å². The van der Waals surface area contributed by atoms with Crippen molar-refractivity contribution in [1.29, 1.82) is 0 Å². The lowest BCUT2D eigenvalue weighted by Gasteiger charge is -2.12. The number of esters is 1. The Hall–Kier alpha value is -3.08. The molecule has 0 spiro atoms. The molecule has 0 atom stereocenters. The van der Waals surface area contributed by atoms with E-state index < -0.39 is 5.97 Å². The molecule has 0 fully saturated rings. The van der Waals surface area contributed by atoms with Gasteiger partial charge in [-0.2, -0.15) is 0 Å². The van der Waals surface area contributed by atoms with Gasteiger partial charge in [0.05, 0.1) is 18.8 Å². The number of para-hydroxylation sites is 1. The second-order valence-corrected chi connectivity index (χ2v) is 5.97. The number of methoxy groups -OCH3 is 1. The highest BCUT2D eigenvalue weighted by molar-refractivity contribution is 6.35. The van der Waals surface area contributed by atoms with Gasteiger partial charge in [0.15, 0.2) is 0 Å². The first-order valence-corrected chi connectivity index (χ1v) is 8.01. The highest BCUT2D eigenvalue weighted by Crippen LogP contribution is 2.35. The minimum Gasteiger partial charge on any atom is -0.490 e. The first-order chi connectivity index (χ1) is 12.0. The molecular weight excluding hydrogens is 318 g/mol. The molecule has 3 rings (SSSR count). The average molecular weight is 337 g/mol. The van der Waals surface area contributed by atoms with Crippen LogP contribution < -0.4 is 10.1 Å². The molecule has 1 heterocycles. The van der Waals surface area contributed by atoms with E-state index in [-0.39, 0.29) is 12.0 Å². The van der Waals surface area contributed by atoms with Gasteiger partial charge in [-0.3, -0.25) is 4.79 Å². The molecule has 25 heavy (non-hydrogen) atoms. The van der Waals surface area contributed by atoms with E-state index in [1.54, 1.807) is 24.3 Å². The maximum absolute atomic E-state index is 12.4. The molecule has 0 aliphatic carbocycles. The third kappa shape index (κ3) is 3.40. The van der Waals surface area contributed by atoms with E-state index in [0.717, 1.165) is 16.9 Å². The number of nitrogens with one attached hydrogen (secondary N) is 1. The number of anilines is 1. The number of hydrogen-bond acceptors (Lipinski definition) is 4. The molecule has 0 bridgehead atoms. The Morgan fingerprint density at radius 1 is 1.16 bits per heavy atom. The Labute approximate surface area is 146 Å². The average Bonchev–Trinajstić information content (AvgIpc) is 2.90. The summed E-state index contributed by atoms with van der Waals surface area (Å²) in [7, 11) is 1.32. The summed E-state index contributed by atoms with van der Waals surface area (Å²) >= 11 is 0. The molecule has 0 aromatic heterocycles. The van der Waals surface area contributed by atoms with Gasteiger partial charge in [0.2, 0.25) is 0 Å². The van der Waals surface area contributed by atoms with Crippen LogP contribution in [-0.2, 0) is 9.53 Å². The Morgan fingerprint density at radius 2 is 1.92 bits per heavy atom. The molecule has 1 N–H and O–H groups in total. The minimum atomic E-state index is -0.440. The number of ether oxygens (including phenoxy) is 2. The van der Waals surface area contributed by atoms with E-state index in [1.807, 2.05) is 38.1 Å². The molecule has 0 radical (unpaired) electrons. The van der Waals surface area contributed by atoms with Crippen LogP contribution in [-0.4, -0.2) is 25.1 Å². The zero-order chi connectivity index (χ0) is 18.0. The van der Waals surface area contributed by atoms with Gasteiger partial charge >= 0.3 is 5.97 Å². The zero-order valence-corrected chi connectivity index (χ0v) is 14.3. The number of fused-ring (bicyclic) bond motifs is 1. The van der Waals surface area contributed by atoms with Gasteiger partial charge in [-0.1, -0.05) is 24.3 Å². The van der Waals surface area contributed by atoms with Crippen molar-refractivity contribution in [2.24, 2.45) is 0 Å². The van der Waals surface area contributed by atoms with Crippen LogP contribution in [0.15, 0.2) is 42.5 Å². The van der Waals surface area contributed by atoms with Crippen molar-refractivity contribution in [3.63, 3.8) is 0 Å². The smallest absolute Gasteiger partial charge is 0.337 e.